The summed E-state index contributed by atoms with van der Waals surface area (Å²) >= 11 is 5.64. The van der Waals surface area contributed by atoms with Crippen molar-refractivity contribution in [3.05, 3.63) is 15.0 Å². The highest BCUT2D eigenvalue weighted by Gasteiger charge is 2.36. The number of halogens is 4. The molecular formula is C6H2ClF3N2S. The van der Waals surface area contributed by atoms with Crippen molar-refractivity contribution < 1.29 is 13.2 Å². The standard InChI is InChI=1S/C6H2ClF3N2S/c7-5-12-3(1-2-11)4(13-5)6(8,9)10/h1H2. The monoisotopic (exact) mass is 226 g/mol. The lowest BCUT2D eigenvalue weighted by atomic mass is 10.3. The molecule has 13 heavy (non-hydrogen) atoms. The van der Waals surface area contributed by atoms with Crippen LogP contribution in [0.4, 0.5) is 13.2 Å². The van der Waals surface area contributed by atoms with Crippen LogP contribution in [0.1, 0.15) is 10.6 Å². The lowest BCUT2D eigenvalue weighted by Gasteiger charge is -2.02. The van der Waals surface area contributed by atoms with Gasteiger partial charge in [-0.05, 0) is 0 Å². The molecule has 0 amide bonds. The van der Waals surface area contributed by atoms with Gasteiger partial charge in [-0.15, -0.1) is 0 Å². The molecular weight excluding hydrogens is 225 g/mol. The summed E-state index contributed by atoms with van der Waals surface area (Å²) in [4.78, 5) is 2.52. The quantitative estimate of drug-likeness (QED) is 0.738. The van der Waals surface area contributed by atoms with Crippen molar-refractivity contribution in [1.82, 2.24) is 4.98 Å². The Morgan fingerprint density at radius 1 is 1.54 bits per heavy atom. The van der Waals surface area contributed by atoms with E-state index < -0.39 is 11.1 Å². The first-order valence-corrected chi connectivity index (χ1v) is 4.24. The number of aromatic nitrogens is 1. The molecule has 0 fully saturated rings. The number of alkyl halides is 3. The predicted molar refractivity (Wildman–Crippen MR) is 41.4 cm³/mol. The van der Waals surface area contributed by atoms with Crippen molar-refractivity contribution in [2.75, 3.05) is 0 Å². The molecule has 0 atom stereocenters. The summed E-state index contributed by atoms with van der Waals surface area (Å²) in [6, 6.07) is 1.60. The lowest BCUT2D eigenvalue weighted by Crippen LogP contribution is -2.05. The number of nitrogens with zero attached hydrogens (tertiary/aromatic N) is 2. The molecule has 1 rings (SSSR count). The highest BCUT2D eigenvalue weighted by Crippen LogP contribution is 2.37. The largest absolute Gasteiger partial charge is 0.427 e. The Kier molecular flexibility index (Phi) is 2.78. The van der Waals surface area contributed by atoms with Crippen molar-refractivity contribution >= 4 is 22.9 Å². The fraction of sp³-hybridized carbons (Fsp3) is 0.333. The van der Waals surface area contributed by atoms with Gasteiger partial charge in [-0.1, -0.05) is 22.9 Å². The fourth-order valence-electron chi connectivity index (χ4n) is 0.739. The van der Waals surface area contributed by atoms with Crippen LogP contribution in [0.5, 0.6) is 0 Å². The van der Waals surface area contributed by atoms with E-state index in [1.807, 2.05) is 0 Å². The number of rotatable bonds is 1. The fourth-order valence-corrected chi connectivity index (χ4v) is 1.75. The second kappa shape index (κ2) is 3.52. The summed E-state index contributed by atoms with van der Waals surface area (Å²) in [5.41, 5.74) is -0.301. The van der Waals surface area contributed by atoms with Crippen molar-refractivity contribution in [2.45, 2.75) is 12.6 Å². The molecule has 7 heteroatoms. The molecule has 0 aromatic carbocycles. The van der Waals surface area contributed by atoms with E-state index >= 15 is 0 Å². The van der Waals surface area contributed by atoms with Gasteiger partial charge < -0.3 is 0 Å². The van der Waals surface area contributed by atoms with E-state index in [1.165, 1.54) is 0 Å². The van der Waals surface area contributed by atoms with Crippen LogP contribution in [0.25, 0.3) is 0 Å². The predicted octanol–water partition coefficient (Wildman–Crippen LogP) is 2.88. The van der Waals surface area contributed by atoms with Crippen LogP contribution in [0.15, 0.2) is 0 Å². The summed E-state index contributed by atoms with van der Waals surface area (Å²) < 4.78 is 36.4. The summed E-state index contributed by atoms with van der Waals surface area (Å²) in [5.74, 6) is 0. The molecule has 0 spiro atoms. The molecule has 2 nitrogen and oxygen atoms in total. The van der Waals surface area contributed by atoms with Crippen molar-refractivity contribution in [3.8, 4) is 6.07 Å². The molecule has 0 aliphatic rings. The Morgan fingerprint density at radius 3 is 2.62 bits per heavy atom. The third kappa shape index (κ3) is 2.32. The first-order valence-electron chi connectivity index (χ1n) is 3.04. The Labute approximate surface area is 80.6 Å². The van der Waals surface area contributed by atoms with E-state index in [-0.39, 0.29) is 16.6 Å². The minimum Gasteiger partial charge on any atom is -0.228 e. The first-order chi connectivity index (χ1) is 5.95. The van der Waals surface area contributed by atoms with Crippen LogP contribution in [0.2, 0.25) is 4.47 Å². The highest BCUT2D eigenvalue weighted by atomic mass is 35.5. The van der Waals surface area contributed by atoms with Gasteiger partial charge >= 0.3 is 6.18 Å². The van der Waals surface area contributed by atoms with Gasteiger partial charge in [0, 0.05) is 0 Å². The van der Waals surface area contributed by atoms with Gasteiger partial charge in [-0.2, -0.15) is 18.4 Å². The molecule has 0 unspecified atom stereocenters. The van der Waals surface area contributed by atoms with E-state index in [9.17, 15) is 13.2 Å². The summed E-state index contributed by atoms with van der Waals surface area (Å²) in [5, 5.41) is 8.22. The number of hydrogen-bond acceptors (Lipinski definition) is 3. The smallest absolute Gasteiger partial charge is 0.228 e. The zero-order valence-electron chi connectivity index (χ0n) is 6.02. The van der Waals surface area contributed by atoms with Gasteiger partial charge in [0.1, 0.15) is 4.88 Å². The number of thiazole rings is 1. The molecule has 0 saturated carbocycles. The molecule has 0 saturated heterocycles. The van der Waals surface area contributed by atoms with Crippen LogP contribution in [-0.4, -0.2) is 4.98 Å². The van der Waals surface area contributed by atoms with Crippen LogP contribution < -0.4 is 0 Å². The third-order valence-electron chi connectivity index (χ3n) is 1.18. The SMILES string of the molecule is N#CCc1nc(Cl)sc1C(F)(F)F. The molecule has 1 heterocycles. The number of nitriles is 1. The molecule has 1 aromatic rings. The topological polar surface area (TPSA) is 36.7 Å². The Hall–Kier alpha value is -0.800. The summed E-state index contributed by atoms with van der Waals surface area (Å²) in [7, 11) is 0. The molecule has 0 radical (unpaired) electrons. The van der Waals surface area contributed by atoms with E-state index in [4.69, 9.17) is 16.9 Å². The number of hydrogen-bond donors (Lipinski definition) is 0. The van der Waals surface area contributed by atoms with Gasteiger partial charge in [-0.25, -0.2) is 4.98 Å². The van der Waals surface area contributed by atoms with Crippen LogP contribution in [0, 0.1) is 11.3 Å². The first kappa shape index (κ1) is 10.3. The zero-order chi connectivity index (χ0) is 10.1. The molecule has 0 aliphatic heterocycles. The average Bonchev–Trinajstić information content (AvgIpc) is 2.30. The Morgan fingerprint density at radius 2 is 2.15 bits per heavy atom. The normalized spacial score (nSPS) is 11.3. The van der Waals surface area contributed by atoms with E-state index in [0.717, 1.165) is 0 Å². The van der Waals surface area contributed by atoms with Crippen LogP contribution in [-0.2, 0) is 12.6 Å². The maximum atomic E-state index is 12.2. The highest BCUT2D eigenvalue weighted by molar-refractivity contribution is 7.15. The van der Waals surface area contributed by atoms with E-state index in [0.29, 0.717) is 11.3 Å². The summed E-state index contributed by atoms with van der Waals surface area (Å²) in [6.45, 7) is 0. The second-order valence-corrected chi connectivity index (χ2v) is 3.66. The molecule has 70 valence electrons. The van der Waals surface area contributed by atoms with Gasteiger partial charge in [0.2, 0.25) is 0 Å². The van der Waals surface area contributed by atoms with Crippen molar-refractivity contribution in [3.63, 3.8) is 0 Å². The van der Waals surface area contributed by atoms with Crippen LogP contribution >= 0.6 is 22.9 Å². The van der Waals surface area contributed by atoms with Crippen LogP contribution in [0.3, 0.4) is 0 Å². The van der Waals surface area contributed by atoms with Crippen molar-refractivity contribution in [2.24, 2.45) is 0 Å². The molecule has 0 bridgehead atoms. The molecule has 1 aromatic heterocycles. The van der Waals surface area contributed by atoms with E-state index in [2.05, 4.69) is 4.98 Å². The summed E-state index contributed by atoms with van der Waals surface area (Å²) in [6.07, 6.45) is -4.85. The minimum absolute atomic E-state index is 0.197. The zero-order valence-corrected chi connectivity index (χ0v) is 7.59. The van der Waals surface area contributed by atoms with E-state index in [1.54, 1.807) is 6.07 Å². The maximum Gasteiger partial charge on any atom is 0.427 e. The van der Waals surface area contributed by atoms with Crippen molar-refractivity contribution in [1.29, 1.82) is 5.26 Å². The Balaban J connectivity index is 3.13. The molecule has 0 N–H and O–H groups in total. The van der Waals surface area contributed by atoms with Gasteiger partial charge in [-0.3, -0.25) is 0 Å². The average molecular weight is 227 g/mol. The maximum absolute atomic E-state index is 12.2. The molecule has 0 aliphatic carbocycles. The van der Waals surface area contributed by atoms with Gasteiger partial charge in [0.25, 0.3) is 0 Å². The lowest BCUT2D eigenvalue weighted by molar-refractivity contribution is -0.135. The van der Waals surface area contributed by atoms with Gasteiger partial charge in [0.15, 0.2) is 4.47 Å². The minimum atomic E-state index is -4.48. The second-order valence-electron chi connectivity index (χ2n) is 2.08. The Bertz CT molecular complexity index is 352. The third-order valence-corrected chi connectivity index (χ3v) is 2.42. The van der Waals surface area contributed by atoms with Gasteiger partial charge in [0.05, 0.1) is 18.2 Å².